The van der Waals surface area contributed by atoms with Crippen molar-refractivity contribution >= 4 is 14.4 Å². The van der Waals surface area contributed by atoms with Gasteiger partial charge in [0.1, 0.15) is 5.60 Å². The fourth-order valence-corrected chi connectivity index (χ4v) is 3.22. The van der Waals surface area contributed by atoms with Gasteiger partial charge in [-0.15, -0.1) is 0 Å². The van der Waals surface area contributed by atoms with E-state index in [0.717, 1.165) is 0 Å². The molecule has 0 aromatic carbocycles. The number of ether oxygens (including phenoxy) is 1. The third kappa shape index (κ3) is 5.24. The Labute approximate surface area is 135 Å². The highest BCUT2D eigenvalue weighted by atomic mass is 28.4. The van der Waals surface area contributed by atoms with E-state index < -0.39 is 25.6 Å². The van der Waals surface area contributed by atoms with Crippen molar-refractivity contribution in [2.75, 3.05) is 6.61 Å². The molecule has 0 aromatic rings. The molecule has 5 nitrogen and oxygen atoms in total. The van der Waals surface area contributed by atoms with E-state index >= 15 is 0 Å². The first-order valence-corrected chi connectivity index (χ1v) is 10.9. The van der Waals surface area contributed by atoms with E-state index in [-0.39, 0.29) is 11.1 Å². The molecule has 0 bridgehead atoms. The highest BCUT2D eigenvalue weighted by Gasteiger charge is 2.48. The van der Waals surface area contributed by atoms with Gasteiger partial charge in [-0.1, -0.05) is 20.8 Å². The monoisotopic (exact) mass is 331 g/mol. The summed E-state index contributed by atoms with van der Waals surface area (Å²) in [5.74, 6) is 0. The summed E-state index contributed by atoms with van der Waals surface area (Å²) in [4.78, 5) is 12.0. The average Bonchev–Trinajstić information content (AvgIpc) is 2.19. The van der Waals surface area contributed by atoms with Crippen LogP contribution in [0.3, 0.4) is 0 Å². The number of hydrogen-bond acceptors (Lipinski definition) is 4. The molecule has 0 heterocycles. The second-order valence-corrected chi connectivity index (χ2v) is 13.8. The molecule has 1 amide bonds. The van der Waals surface area contributed by atoms with Gasteiger partial charge in [0.25, 0.3) is 0 Å². The van der Waals surface area contributed by atoms with Crippen LogP contribution >= 0.6 is 0 Å². The Morgan fingerprint density at radius 3 is 2.09 bits per heavy atom. The zero-order chi connectivity index (χ0) is 17.4. The number of alkyl carbamates (subject to hydrolysis) is 1. The van der Waals surface area contributed by atoms with Gasteiger partial charge in [0.05, 0.1) is 18.2 Å². The molecular weight excluding hydrogens is 298 g/mol. The molecule has 0 aromatic heterocycles. The number of aliphatic hydroxyl groups is 1. The van der Waals surface area contributed by atoms with Crippen molar-refractivity contribution in [2.24, 2.45) is 0 Å². The van der Waals surface area contributed by atoms with Gasteiger partial charge in [-0.05, 0) is 51.7 Å². The zero-order valence-corrected chi connectivity index (χ0v) is 16.4. The molecule has 0 unspecified atom stereocenters. The van der Waals surface area contributed by atoms with Crippen LogP contribution in [-0.4, -0.2) is 43.4 Å². The van der Waals surface area contributed by atoms with Gasteiger partial charge in [0.2, 0.25) is 0 Å². The van der Waals surface area contributed by atoms with Crippen molar-refractivity contribution in [3.05, 3.63) is 0 Å². The topological polar surface area (TPSA) is 67.8 Å². The summed E-state index contributed by atoms with van der Waals surface area (Å²) in [7, 11) is -1.89. The van der Waals surface area contributed by atoms with Gasteiger partial charge >= 0.3 is 6.09 Å². The van der Waals surface area contributed by atoms with Gasteiger partial charge in [0.15, 0.2) is 8.32 Å². The Morgan fingerprint density at radius 2 is 1.73 bits per heavy atom. The number of nitrogens with one attached hydrogen (secondary N) is 1. The first kappa shape index (κ1) is 19.5. The molecule has 0 atom stereocenters. The molecule has 22 heavy (non-hydrogen) atoms. The molecule has 130 valence electrons. The number of carbonyl (C=O) groups excluding carboxylic acids is 1. The minimum absolute atomic E-state index is 0.114. The molecule has 1 aliphatic carbocycles. The third-order valence-corrected chi connectivity index (χ3v) is 9.01. The van der Waals surface area contributed by atoms with Crippen molar-refractivity contribution in [1.82, 2.24) is 5.32 Å². The van der Waals surface area contributed by atoms with Crippen molar-refractivity contribution in [2.45, 2.75) is 89.8 Å². The summed E-state index contributed by atoms with van der Waals surface area (Å²) in [5.41, 5.74) is -1.04. The highest BCUT2D eigenvalue weighted by molar-refractivity contribution is 6.74. The normalized spacial score (nSPS) is 26.3. The van der Waals surface area contributed by atoms with Gasteiger partial charge < -0.3 is 19.6 Å². The number of amides is 1. The minimum Gasteiger partial charge on any atom is -0.444 e. The molecule has 1 rings (SSSR count). The zero-order valence-electron chi connectivity index (χ0n) is 15.4. The molecule has 1 aliphatic rings. The lowest BCUT2D eigenvalue weighted by Crippen LogP contribution is -2.64. The summed E-state index contributed by atoms with van der Waals surface area (Å²) in [5, 5.41) is 12.7. The number of aliphatic hydroxyl groups excluding tert-OH is 1. The molecular formula is C16H33NO4Si. The van der Waals surface area contributed by atoms with Gasteiger partial charge in [-0.2, -0.15) is 0 Å². The Morgan fingerprint density at radius 1 is 1.23 bits per heavy atom. The maximum atomic E-state index is 12.0. The summed E-state index contributed by atoms with van der Waals surface area (Å²) in [6, 6.07) is 0. The third-order valence-electron chi connectivity index (χ3n) is 4.53. The maximum absolute atomic E-state index is 12.0. The van der Waals surface area contributed by atoms with E-state index in [1.807, 2.05) is 20.8 Å². The van der Waals surface area contributed by atoms with E-state index in [1.54, 1.807) is 0 Å². The van der Waals surface area contributed by atoms with E-state index in [4.69, 9.17) is 9.16 Å². The van der Waals surface area contributed by atoms with Gasteiger partial charge in [-0.3, -0.25) is 0 Å². The van der Waals surface area contributed by atoms with E-state index in [0.29, 0.717) is 19.4 Å². The fourth-order valence-electron chi connectivity index (χ4n) is 2.15. The number of rotatable bonds is 4. The Balaban J connectivity index is 2.67. The van der Waals surface area contributed by atoms with Crippen molar-refractivity contribution < 1.29 is 19.1 Å². The molecule has 0 saturated heterocycles. The summed E-state index contributed by atoms with van der Waals surface area (Å²) < 4.78 is 11.6. The van der Waals surface area contributed by atoms with Crippen molar-refractivity contribution in [3.8, 4) is 0 Å². The molecule has 0 aliphatic heterocycles. The van der Waals surface area contributed by atoms with Crippen LogP contribution in [0.4, 0.5) is 4.79 Å². The number of carbonyl (C=O) groups is 1. The highest BCUT2D eigenvalue weighted by Crippen LogP contribution is 2.39. The lowest BCUT2D eigenvalue weighted by Gasteiger charge is -2.48. The van der Waals surface area contributed by atoms with Crippen LogP contribution in [0.5, 0.6) is 0 Å². The molecule has 0 radical (unpaired) electrons. The summed E-state index contributed by atoms with van der Waals surface area (Å²) in [6.45, 7) is 16.9. The van der Waals surface area contributed by atoms with E-state index in [9.17, 15) is 9.90 Å². The van der Waals surface area contributed by atoms with Crippen LogP contribution in [0, 0.1) is 0 Å². The predicted molar refractivity (Wildman–Crippen MR) is 90.5 cm³/mol. The smallest absolute Gasteiger partial charge is 0.408 e. The van der Waals surface area contributed by atoms with Crippen LogP contribution in [-0.2, 0) is 9.16 Å². The van der Waals surface area contributed by atoms with Crippen molar-refractivity contribution in [3.63, 3.8) is 0 Å². The Kier molecular flexibility index (Phi) is 5.42. The second kappa shape index (κ2) is 6.13. The lowest BCUT2D eigenvalue weighted by molar-refractivity contribution is -0.0314. The van der Waals surface area contributed by atoms with Crippen LogP contribution < -0.4 is 5.32 Å². The first-order chi connectivity index (χ1) is 9.66. The number of hydrogen-bond donors (Lipinski definition) is 2. The Hall–Kier alpha value is -0.593. The van der Waals surface area contributed by atoms with E-state index in [2.05, 4.69) is 39.2 Å². The maximum Gasteiger partial charge on any atom is 0.408 e. The summed E-state index contributed by atoms with van der Waals surface area (Å²) in [6.07, 6.45) is 0.207. The average molecular weight is 332 g/mol. The minimum atomic E-state index is -1.89. The Bertz CT molecular complexity index is 403. The molecule has 1 saturated carbocycles. The lowest BCUT2D eigenvalue weighted by atomic mass is 9.75. The van der Waals surface area contributed by atoms with Crippen LogP contribution in [0.15, 0.2) is 0 Å². The quantitative estimate of drug-likeness (QED) is 0.775. The molecule has 6 heteroatoms. The predicted octanol–water partition coefficient (Wildman–Crippen LogP) is 3.43. The molecule has 2 N–H and O–H groups in total. The summed E-state index contributed by atoms with van der Waals surface area (Å²) >= 11 is 0. The largest absolute Gasteiger partial charge is 0.444 e. The van der Waals surface area contributed by atoms with Gasteiger partial charge in [0, 0.05) is 0 Å². The van der Waals surface area contributed by atoms with E-state index in [1.165, 1.54) is 0 Å². The SMILES string of the molecule is CC(C)(C)OC(=O)NC1(CO[Si](C)(C)C(C)(C)C)CC(O)C1. The van der Waals surface area contributed by atoms with Gasteiger partial charge in [-0.25, -0.2) is 4.79 Å². The van der Waals surface area contributed by atoms with Crippen LogP contribution in [0.25, 0.3) is 0 Å². The standard InChI is InChI=1S/C16H33NO4Si/c1-14(2,3)21-13(19)17-16(9-12(18)10-16)11-20-22(7,8)15(4,5)6/h12,18H,9-11H2,1-8H3,(H,17,19). The molecule has 0 spiro atoms. The first-order valence-electron chi connectivity index (χ1n) is 7.99. The fraction of sp³-hybridized carbons (Fsp3) is 0.938. The second-order valence-electron chi connectivity index (χ2n) is 9.02. The molecule has 1 fully saturated rings. The van der Waals surface area contributed by atoms with Crippen molar-refractivity contribution in [1.29, 1.82) is 0 Å². The van der Waals surface area contributed by atoms with Crippen LogP contribution in [0.1, 0.15) is 54.4 Å². The van der Waals surface area contributed by atoms with Crippen LogP contribution in [0.2, 0.25) is 18.1 Å².